The van der Waals surface area contributed by atoms with Crippen LogP contribution in [0, 0.1) is 0 Å². The summed E-state index contributed by atoms with van der Waals surface area (Å²) >= 11 is 0. The second-order valence-electron chi connectivity index (χ2n) is 6.52. The molecular weight excluding hydrogens is 246 g/mol. The molecule has 0 radical (unpaired) electrons. The number of ether oxygens (including phenoxy) is 2. The molecule has 1 saturated heterocycles. The maximum absolute atomic E-state index is 12.1. The lowest BCUT2D eigenvalue weighted by molar-refractivity contribution is -0.0469. The first-order valence-corrected chi connectivity index (χ1v) is 7.15. The van der Waals surface area contributed by atoms with Crippen molar-refractivity contribution in [2.75, 3.05) is 13.2 Å². The van der Waals surface area contributed by atoms with Crippen molar-refractivity contribution in [3.05, 3.63) is 0 Å². The van der Waals surface area contributed by atoms with Crippen LogP contribution in [0.25, 0.3) is 0 Å². The molecule has 0 spiro atoms. The van der Waals surface area contributed by atoms with Gasteiger partial charge in [-0.05, 0) is 46.5 Å². The van der Waals surface area contributed by atoms with E-state index in [1.165, 1.54) is 6.42 Å². The molecule has 1 unspecified atom stereocenters. The maximum atomic E-state index is 12.1. The van der Waals surface area contributed by atoms with Crippen molar-refractivity contribution in [3.8, 4) is 0 Å². The van der Waals surface area contributed by atoms with E-state index in [4.69, 9.17) is 9.47 Å². The minimum Gasteiger partial charge on any atom is -0.444 e. The summed E-state index contributed by atoms with van der Waals surface area (Å²) in [6.07, 6.45) is 4.20. The van der Waals surface area contributed by atoms with Gasteiger partial charge in [-0.15, -0.1) is 0 Å². The largest absolute Gasteiger partial charge is 0.444 e. The smallest absolute Gasteiger partial charge is 0.410 e. The van der Waals surface area contributed by atoms with Gasteiger partial charge < -0.3 is 19.5 Å². The van der Waals surface area contributed by atoms with Crippen molar-refractivity contribution in [1.29, 1.82) is 0 Å². The van der Waals surface area contributed by atoms with Gasteiger partial charge >= 0.3 is 6.09 Å². The second-order valence-corrected chi connectivity index (χ2v) is 6.52. The van der Waals surface area contributed by atoms with Crippen LogP contribution in [0.3, 0.4) is 0 Å². The molecule has 0 bridgehead atoms. The minimum atomic E-state index is -0.510. The van der Waals surface area contributed by atoms with Crippen molar-refractivity contribution >= 4 is 6.09 Å². The van der Waals surface area contributed by atoms with Crippen LogP contribution in [-0.4, -0.2) is 53.1 Å². The molecule has 1 aliphatic carbocycles. The Kier molecular flexibility index (Phi) is 4.36. The zero-order valence-electron chi connectivity index (χ0n) is 12.1. The highest BCUT2D eigenvalue weighted by atomic mass is 16.6. The van der Waals surface area contributed by atoms with Crippen LogP contribution < -0.4 is 0 Å². The van der Waals surface area contributed by atoms with Crippen molar-refractivity contribution in [3.63, 3.8) is 0 Å². The van der Waals surface area contributed by atoms with Crippen molar-refractivity contribution in [2.24, 2.45) is 0 Å². The van der Waals surface area contributed by atoms with Crippen LogP contribution in [0.4, 0.5) is 4.79 Å². The molecule has 5 heteroatoms. The predicted molar refractivity (Wildman–Crippen MR) is 70.9 cm³/mol. The molecule has 0 aromatic rings. The third kappa shape index (κ3) is 3.83. The summed E-state index contributed by atoms with van der Waals surface area (Å²) in [6, 6.07) is -0.181. The SMILES string of the molecule is CC(C)(C)OC(=O)N1CC(OC2CCC2)C[C@H]1CO. The molecular formula is C14H25NO4. The molecule has 1 heterocycles. The monoisotopic (exact) mass is 271 g/mol. The van der Waals surface area contributed by atoms with E-state index in [9.17, 15) is 9.90 Å². The van der Waals surface area contributed by atoms with E-state index in [0.717, 1.165) is 12.8 Å². The molecule has 5 nitrogen and oxygen atoms in total. The molecule has 0 aromatic heterocycles. The lowest BCUT2D eigenvalue weighted by Gasteiger charge is -2.29. The van der Waals surface area contributed by atoms with Crippen LogP contribution in [0.2, 0.25) is 0 Å². The van der Waals surface area contributed by atoms with Crippen LogP contribution >= 0.6 is 0 Å². The zero-order valence-corrected chi connectivity index (χ0v) is 12.1. The minimum absolute atomic E-state index is 0.0370. The van der Waals surface area contributed by atoms with Gasteiger partial charge in [0.25, 0.3) is 0 Å². The van der Waals surface area contributed by atoms with E-state index < -0.39 is 5.60 Å². The lowest BCUT2D eigenvalue weighted by Crippen LogP contribution is -2.41. The number of nitrogens with zero attached hydrogens (tertiary/aromatic N) is 1. The van der Waals surface area contributed by atoms with Crippen LogP contribution in [0.5, 0.6) is 0 Å². The van der Waals surface area contributed by atoms with Crippen molar-refractivity contribution < 1.29 is 19.4 Å². The van der Waals surface area contributed by atoms with Gasteiger partial charge in [-0.2, -0.15) is 0 Å². The van der Waals surface area contributed by atoms with E-state index in [1.54, 1.807) is 4.90 Å². The Morgan fingerprint density at radius 1 is 1.32 bits per heavy atom. The fourth-order valence-electron chi connectivity index (χ4n) is 2.47. The van der Waals surface area contributed by atoms with Crippen molar-refractivity contribution in [1.82, 2.24) is 4.90 Å². The van der Waals surface area contributed by atoms with E-state index >= 15 is 0 Å². The first kappa shape index (κ1) is 14.6. The maximum Gasteiger partial charge on any atom is 0.410 e. The average molecular weight is 271 g/mol. The fraction of sp³-hybridized carbons (Fsp3) is 0.929. The Morgan fingerprint density at radius 2 is 2.00 bits per heavy atom. The Morgan fingerprint density at radius 3 is 2.47 bits per heavy atom. The van der Waals surface area contributed by atoms with Gasteiger partial charge in [-0.25, -0.2) is 4.79 Å². The average Bonchev–Trinajstić information content (AvgIpc) is 2.64. The molecule has 2 rings (SSSR count). The van der Waals surface area contributed by atoms with Gasteiger partial charge in [0.15, 0.2) is 0 Å². The normalized spacial score (nSPS) is 28.3. The number of carbonyl (C=O) groups excluding carboxylic acids is 1. The van der Waals surface area contributed by atoms with E-state index in [1.807, 2.05) is 20.8 Å². The highest BCUT2D eigenvalue weighted by molar-refractivity contribution is 5.69. The van der Waals surface area contributed by atoms with Gasteiger partial charge in [-0.1, -0.05) is 0 Å². The van der Waals surface area contributed by atoms with E-state index in [2.05, 4.69) is 0 Å². The third-order valence-electron chi connectivity index (χ3n) is 3.65. The molecule has 2 fully saturated rings. The summed E-state index contributed by atoms with van der Waals surface area (Å²) in [5.41, 5.74) is -0.510. The number of likely N-dealkylation sites (tertiary alicyclic amines) is 1. The zero-order chi connectivity index (χ0) is 14.0. The van der Waals surface area contributed by atoms with Gasteiger partial charge in [0, 0.05) is 0 Å². The van der Waals surface area contributed by atoms with E-state index in [0.29, 0.717) is 19.1 Å². The molecule has 2 atom stereocenters. The van der Waals surface area contributed by atoms with Crippen LogP contribution in [-0.2, 0) is 9.47 Å². The second kappa shape index (κ2) is 5.67. The summed E-state index contributed by atoms with van der Waals surface area (Å²) < 4.78 is 11.3. The topological polar surface area (TPSA) is 59.0 Å². The molecule has 19 heavy (non-hydrogen) atoms. The number of aliphatic hydroxyl groups excluding tert-OH is 1. The molecule has 1 saturated carbocycles. The van der Waals surface area contributed by atoms with E-state index in [-0.39, 0.29) is 24.8 Å². The Hall–Kier alpha value is -0.810. The fourth-order valence-corrected chi connectivity index (χ4v) is 2.47. The Labute approximate surface area is 114 Å². The number of rotatable bonds is 3. The molecule has 1 aliphatic heterocycles. The highest BCUT2D eigenvalue weighted by Gasteiger charge is 2.39. The van der Waals surface area contributed by atoms with Gasteiger partial charge in [0.1, 0.15) is 5.60 Å². The van der Waals surface area contributed by atoms with Crippen LogP contribution in [0.15, 0.2) is 0 Å². The molecule has 110 valence electrons. The highest BCUT2D eigenvalue weighted by Crippen LogP contribution is 2.29. The lowest BCUT2D eigenvalue weighted by atomic mass is 9.96. The van der Waals surface area contributed by atoms with Gasteiger partial charge in [-0.3, -0.25) is 0 Å². The summed E-state index contributed by atoms with van der Waals surface area (Å²) in [5.74, 6) is 0. The van der Waals surface area contributed by atoms with Crippen LogP contribution in [0.1, 0.15) is 46.5 Å². The first-order valence-electron chi connectivity index (χ1n) is 7.15. The third-order valence-corrected chi connectivity index (χ3v) is 3.65. The Bertz CT molecular complexity index is 322. The molecule has 1 amide bonds. The molecule has 0 aromatic carbocycles. The Balaban J connectivity index is 1.89. The van der Waals surface area contributed by atoms with Gasteiger partial charge in [0.05, 0.1) is 31.4 Å². The quantitative estimate of drug-likeness (QED) is 0.852. The molecule has 2 aliphatic rings. The summed E-state index contributed by atoms with van der Waals surface area (Å²) in [5, 5.41) is 9.40. The first-order chi connectivity index (χ1) is 8.89. The number of aliphatic hydroxyl groups is 1. The summed E-state index contributed by atoms with van der Waals surface area (Å²) in [4.78, 5) is 13.7. The number of hydrogen-bond acceptors (Lipinski definition) is 4. The predicted octanol–water partition coefficient (Wildman–Crippen LogP) is 1.93. The van der Waals surface area contributed by atoms with Crippen molar-refractivity contribution in [2.45, 2.75) is 70.3 Å². The summed E-state index contributed by atoms with van der Waals surface area (Å²) in [6.45, 7) is 6.02. The standard InChI is InChI=1S/C14H25NO4/c1-14(2,3)19-13(17)15-8-12(7-10(15)9-16)18-11-5-4-6-11/h10-12,16H,4-9H2,1-3H3/t10-,12?/m0/s1. The number of hydrogen-bond donors (Lipinski definition) is 1. The number of carbonyl (C=O) groups is 1. The summed E-state index contributed by atoms with van der Waals surface area (Å²) in [7, 11) is 0. The van der Waals surface area contributed by atoms with Gasteiger partial charge in [0.2, 0.25) is 0 Å². The number of amides is 1. The molecule has 1 N–H and O–H groups in total.